The van der Waals surface area contributed by atoms with Crippen molar-refractivity contribution in [2.75, 3.05) is 54.7 Å². The lowest BCUT2D eigenvalue weighted by molar-refractivity contribution is 0.117. The Labute approximate surface area is 294 Å². The quantitative estimate of drug-likeness (QED) is 0.192. The van der Waals surface area contributed by atoms with Gasteiger partial charge in [0.15, 0.2) is 11.5 Å². The van der Waals surface area contributed by atoms with Gasteiger partial charge >= 0.3 is 0 Å². The van der Waals surface area contributed by atoms with Crippen LogP contribution in [0.25, 0.3) is 0 Å². The van der Waals surface area contributed by atoms with Gasteiger partial charge in [0.1, 0.15) is 0 Å². The molecule has 13 heteroatoms. The number of nitrogens with one attached hydrogen (secondary N) is 1. The van der Waals surface area contributed by atoms with E-state index in [0.29, 0.717) is 43.4 Å². The summed E-state index contributed by atoms with van der Waals surface area (Å²) in [7, 11) is 6.40. The largest absolute Gasteiger partial charge is 0.493 e. The van der Waals surface area contributed by atoms with Crippen molar-refractivity contribution in [2.45, 2.75) is 135 Å². The summed E-state index contributed by atoms with van der Waals surface area (Å²) >= 11 is 0. The van der Waals surface area contributed by atoms with Gasteiger partial charge in [-0.25, -0.2) is 0 Å². The predicted molar refractivity (Wildman–Crippen MR) is 206 cm³/mol. The van der Waals surface area contributed by atoms with Gasteiger partial charge in [0.05, 0.1) is 27.1 Å². The number of nitrogens with two attached hydrogens (primary N) is 8. The number of methoxy groups -OCH3 is 2. The first kappa shape index (κ1) is 53.2. The van der Waals surface area contributed by atoms with Crippen LogP contribution in [0, 0.1) is 0 Å². The van der Waals surface area contributed by atoms with Gasteiger partial charge in [0.2, 0.25) is 0 Å². The van der Waals surface area contributed by atoms with Gasteiger partial charge < -0.3 is 65.2 Å². The van der Waals surface area contributed by atoms with Crippen molar-refractivity contribution in [2.24, 2.45) is 45.9 Å². The number of ether oxygens (including phenoxy) is 3. The zero-order chi connectivity index (χ0) is 37.6. The van der Waals surface area contributed by atoms with Crippen LogP contribution in [0.5, 0.6) is 11.5 Å². The molecule has 0 radical (unpaired) electrons. The third-order valence-electron chi connectivity index (χ3n) is 6.94. The highest BCUT2D eigenvalue weighted by Crippen LogP contribution is 2.27. The van der Waals surface area contributed by atoms with E-state index in [1.807, 2.05) is 32.0 Å². The smallest absolute Gasteiger partial charge is 0.161 e. The average Bonchev–Trinajstić information content (AvgIpc) is 3.48. The number of hydrogen-bond acceptors (Lipinski definition) is 13. The van der Waals surface area contributed by atoms with E-state index in [1.54, 1.807) is 21.3 Å². The topological polar surface area (TPSA) is 268 Å². The second-order valence-corrected chi connectivity index (χ2v) is 11.6. The fourth-order valence-electron chi connectivity index (χ4n) is 3.33. The first-order valence-corrected chi connectivity index (χ1v) is 17.8. The number of rotatable bonds is 6. The molecule has 1 aromatic carbocycles. The fourth-order valence-corrected chi connectivity index (χ4v) is 3.33. The third kappa shape index (κ3) is 40.6. The van der Waals surface area contributed by atoms with E-state index in [-0.39, 0.29) is 6.73 Å². The molecular weight excluding hydrogens is 610 g/mol. The zero-order valence-corrected chi connectivity index (χ0v) is 31.9. The molecule has 0 spiro atoms. The van der Waals surface area contributed by atoms with Crippen LogP contribution in [0.1, 0.15) is 103 Å². The minimum atomic E-state index is 0.0694. The van der Waals surface area contributed by atoms with Crippen LogP contribution in [0.3, 0.4) is 0 Å². The predicted octanol–water partition coefficient (Wildman–Crippen LogP) is 2.22. The number of aliphatic hydroxyl groups excluding tert-OH is 1. The minimum absolute atomic E-state index is 0.0694. The normalized spacial score (nSPS) is 17.7. The molecule has 1 aliphatic heterocycles. The number of aliphatic hydroxyl groups is 1. The summed E-state index contributed by atoms with van der Waals surface area (Å²) in [6.07, 6.45) is 15.5. The minimum Gasteiger partial charge on any atom is -0.493 e. The summed E-state index contributed by atoms with van der Waals surface area (Å²) in [6.45, 7) is 8.92. The van der Waals surface area contributed by atoms with Crippen LogP contribution in [0.15, 0.2) is 18.2 Å². The molecular formula is C35H81N9O4. The van der Waals surface area contributed by atoms with Crippen LogP contribution in [0.2, 0.25) is 0 Å². The molecule has 13 nitrogen and oxygen atoms in total. The SMILES string of the molecule is CCC(C)N.CCN.CN.CNCO.COc1ccc(CN)cc1OC.NC1CC1.NC1CCC1.NC1CCCC1.NCC1CCCO1. The summed E-state index contributed by atoms with van der Waals surface area (Å²) < 4.78 is 15.3. The molecule has 2 atom stereocenters. The zero-order valence-electron chi connectivity index (χ0n) is 31.9. The summed E-state index contributed by atoms with van der Waals surface area (Å²) in [5.74, 6) is 1.45. The molecule has 48 heavy (non-hydrogen) atoms. The molecule has 2 unspecified atom stereocenters. The van der Waals surface area contributed by atoms with Crippen molar-refractivity contribution in [1.82, 2.24) is 5.32 Å². The van der Waals surface area contributed by atoms with E-state index < -0.39 is 0 Å². The van der Waals surface area contributed by atoms with Crippen LogP contribution < -0.4 is 60.7 Å². The van der Waals surface area contributed by atoms with Crippen LogP contribution >= 0.6 is 0 Å². The lowest BCUT2D eigenvalue weighted by atomic mass is 9.95. The van der Waals surface area contributed by atoms with Crippen molar-refractivity contribution >= 4 is 0 Å². The fraction of sp³-hybridized carbons (Fsp3) is 0.829. The Morgan fingerprint density at radius 1 is 0.812 bits per heavy atom. The molecule has 18 N–H and O–H groups in total. The Balaban J connectivity index is -0.000000238. The highest BCUT2D eigenvalue weighted by molar-refractivity contribution is 5.42. The second-order valence-electron chi connectivity index (χ2n) is 11.6. The Hall–Kier alpha value is -1.62. The molecule has 4 fully saturated rings. The first-order chi connectivity index (χ1) is 23.0. The monoisotopic (exact) mass is 692 g/mol. The highest BCUT2D eigenvalue weighted by atomic mass is 16.5. The molecule has 1 saturated heterocycles. The maximum atomic E-state index is 7.76. The standard InChI is InChI=1S/C9H13NO2.C5H11NO.C5H11N.C4H9N.C4H11N.C3H7N.C2H7NO.C2H7N.CH5N/c1-11-8-4-3-7(6-10)5-9(8)12-2;6-4-5-2-1-3-7-5;6-5-3-1-2-4-5;5-4-2-1-3-4;1-3-4(2)5;4-3-1-2-3;1-3-2-4;1-2-3;1-2/h3-5H,6,10H2,1-2H3;5H,1-4,6H2;5H,1-4,6H2;4H,1-3,5H2;4H,3,5H2,1-2H3;3H,1-2,4H2;3-4H,2H2,1H3;2-3H2,1H3;2H2,1H3. The molecule has 0 bridgehead atoms. The van der Waals surface area contributed by atoms with E-state index >= 15 is 0 Å². The lowest BCUT2D eigenvalue weighted by Crippen LogP contribution is -2.27. The summed E-state index contributed by atoms with van der Waals surface area (Å²) in [6, 6.07) is 7.72. The van der Waals surface area contributed by atoms with Crippen molar-refractivity contribution in [3.8, 4) is 11.5 Å². The third-order valence-corrected chi connectivity index (χ3v) is 6.94. The van der Waals surface area contributed by atoms with Crippen molar-refractivity contribution in [1.29, 1.82) is 0 Å². The molecule has 1 heterocycles. The average molecular weight is 692 g/mol. The van der Waals surface area contributed by atoms with Gasteiger partial charge in [-0.05, 0) is 103 Å². The van der Waals surface area contributed by atoms with Crippen LogP contribution in [-0.4, -0.2) is 90.1 Å². The Bertz CT molecular complexity index is 726. The maximum absolute atomic E-state index is 7.76. The molecule has 3 aliphatic carbocycles. The molecule has 5 rings (SSSR count). The highest BCUT2D eigenvalue weighted by Gasteiger charge is 2.13. The van der Waals surface area contributed by atoms with Gasteiger partial charge in [-0.15, -0.1) is 0 Å². The van der Waals surface area contributed by atoms with E-state index in [4.69, 9.17) is 59.5 Å². The Morgan fingerprint density at radius 3 is 1.42 bits per heavy atom. The number of benzene rings is 1. The van der Waals surface area contributed by atoms with Crippen molar-refractivity contribution < 1.29 is 19.3 Å². The van der Waals surface area contributed by atoms with Gasteiger partial charge in [0.25, 0.3) is 0 Å². The lowest BCUT2D eigenvalue weighted by Gasteiger charge is -2.18. The molecule has 3 saturated carbocycles. The summed E-state index contributed by atoms with van der Waals surface area (Å²) in [5.41, 5.74) is 42.6. The molecule has 0 aromatic heterocycles. The van der Waals surface area contributed by atoms with E-state index in [1.165, 1.54) is 71.3 Å². The molecule has 1 aromatic rings. The summed E-state index contributed by atoms with van der Waals surface area (Å²) in [5, 5.41) is 10.2. The Morgan fingerprint density at radius 2 is 1.23 bits per heavy atom. The first-order valence-electron chi connectivity index (χ1n) is 17.8. The van der Waals surface area contributed by atoms with Gasteiger partial charge in [0, 0.05) is 43.9 Å². The molecule has 4 aliphatic rings. The Kier molecular flexibility index (Phi) is 46.0. The van der Waals surface area contributed by atoms with Gasteiger partial charge in [-0.3, -0.25) is 5.32 Å². The van der Waals surface area contributed by atoms with Gasteiger partial charge in [-0.2, -0.15) is 0 Å². The van der Waals surface area contributed by atoms with E-state index in [0.717, 1.165) is 43.1 Å². The summed E-state index contributed by atoms with van der Waals surface area (Å²) in [4.78, 5) is 0. The van der Waals surface area contributed by atoms with E-state index in [9.17, 15) is 0 Å². The van der Waals surface area contributed by atoms with E-state index in [2.05, 4.69) is 18.0 Å². The molecule has 0 amide bonds. The van der Waals surface area contributed by atoms with Gasteiger partial charge in [-0.1, -0.05) is 39.2 Å². The molecule has 290 valence electrons. The second kappa shape index (κ2) is 41.6. The maximum Gasteiger partial charge on any atom is 0.161 e. The van der Waals surface area contributed by atoms with Crippen LogP contribution in [0.4, 0.5) is 0 Å². The van der Waals surface area contributed by atoms with Crippen LogP contribution in [-0.2, 0) is 11.3 Å². The van der Waals surface area contributed by atoms with Crippen molar-refractivity contribution in [3.63, 3.8) is 0 Å². The van der Waals surface area contributed by atoms with Crippen molar-refractivity contribution in [3.05, 3.63) is 23.8 Å². The number of hydrogen-bond donors (Lipinski definition) is 10.